The molecule has 1 heterocycles. The van der Waals surface area contributed by atoms with Crippen LogP contribution in [0.15, 0.2) is 47.8 Å². The van der Waals surface area contributed by atoms with Gasteiger partial charge in [0.1, 0.15) is 0 Å². The van der Waals surface area contributed by atoms with Crippen LogP contribution < -0.4 is 15.5 Å². The summed E-state index contributed by atoms with van der Waals surface area (Å²) in [5.41, 5.74) is 2.81. The zero-order valence-corrected chi connectivity index (χ0v) is 14.1. The molecule has 3 N–H and O–H groups in total. The number of nitrogens with zero attached hydrogens (tertiary/aromatic N) is 2. The van der Waals surface area contributed by atoms with E-state index in [1.807, 2.05) is 24.3 Å². The zero-order chi connectivity index (χ0) is 17.6. The normalized spacial score (nSPS) is 17.4. The van der Waals surface area contributed by atoms with Gasteiger partial charge in [0, 0.05) is 24.5 Å². The van der Waals surface area contributed by atoms with Crippen molar-refractivity contribution in [2.45, 2.75) is 32.1 Å². The first-order valence-corrected chi connectivity index (χ1v) is 8.61. The highest BCUT2D eigenvalue weighted by atomic mass is 16.8. The van der Waals surface area contributed by atoms with Gasteiger partial charge in [0.2, 0.25) is 0 Å². The van der Waals surface area contributed by atoms with Gasteiger partial charge in [-0.25, -0.2) is 4.79 Å². The van der Waals surface area contributed by atoms with E-state index in [-0.39, 0.29) is 17.0 Å². The van der Waals surface area contributed by atoms with Gasteiger partial charge in [0.25, 0.3) is 0 Å². The minimum Gasteiger partial charge on any atom is -0.734 e. The van der Waals surface area contributed by atoms with E-state index in [1.54, 1.807) is 6.08 Å². The molecular formula is C18H23N4O3-. The Labute approximate surface area is 147 Å². The Morgan fingerprint density at radius 2 is 1.84 bits per heavy atom. The summed E-state index contributed by atoms with van der Waals surface area (Å²) in [7, 11) is 0. The lowest BCUT2D eigenvalue weighted by Crippen LogP contribution is -2.32. The average Bonchev–Trinajstić information content (AvgIpc) is 2.63. The zero-order valence-electron chi connectivity index (χ0n) is 14.1. The maximum absolute atomic E-state index is 12.3. The molecule has 1 aliphatic carbocycles. The Morgan fingerprint density at radius 1 is 1.08 bits per heavy atom. The molecule has 1 saturated heterocycles. The van der Waals surface area contributed by atoms with E-state index in [0.717, 1.165) is 24.5 Å². The molecule has 3 rings (SSSR count). The van der Waals surface area contributed by atoms with Crippen molar-refractivity contribution < 1.29 is 10.0 Å². The van der Waals surface area contributed by atoms with Crippen molar-refractivity contribution in [2.24, 2.45) is 0 Å². The molecule has 0 bridgehead atoms. The number of para-hydroxylation sites is 2. The van der Waals surface area contributed by atoms with Crippen molar-refractivity contribution in [3.63, 3.8) is 0 Å². The molecule has 0 radical (unpaired) electrons. The van der Waals surface area contributed by atoms with Gasteiger partial charge in [-0.05, 0) is 56.4 Å². The summed E-state index contributed by atoms with van der Waals surface area (Å²) < 4.78 is 0. The Kier molecular flexibility index (Phi) is 5.57. The molecule has 0 spiro atoms. The second-order valence-electron chi connectivity index (χ2n) is 6.27. The van der Waals surface area contributed by atoms with Gasteiger partial charge < -0.3 is 26.0 Å². The summed E-state index contributed by atoms with van der Waals surface area (Å²) >= 11 is 0. The monoisotopic (exact) mass is 343 g/mol. The number of nitrogens with one attached hydrogen (secondary N) is 2. The fraction of sp³-hybridized carbons (Fsp3) is 0.389. The van der Waals surface area contributed by atoms with E-state index < -0.39 is 0 Å². The quantitative estimate of drug-likeness (QED) is 0.727. The fourth-order valence-electron chi connectivity index (χ4n) is 3.18. The number of hydrogen-bond donors (Lipinski definition) is 3. The molecule has 0 unspecified atom stereocenters. The minimum absolute atomic E-state index is 0.137. The molecule has 0 atom stereocenters. The minimum atomic E-state index is -0.310. The summed E-state index contributed by atoms with van der Waals surface area (Å²) in [5, 5.41) is 25.3. The first kappa shape index (κ1) is 17.3. The number of hydrogen-bond acceptors (Lipinski definition) is 5. The number of urea groups is 1. The molecular weight excluding hydrogens is 320 g/mol. The maximum Gasteiger partial charge on any atom is 0.323 e. The smallest absolute Gasteiger partial charge is 0.323 e. The van der Waals surface area contributed by atoms with Crippen LogP contribution in [0.25, 0.3) is 0 Å². The van der Waals surface area contributed by atoms with Crippen LogP contribution in [-0.4, -0.2) is 29.6 Å². The van der Waals surface area contributed by atoms with Crippen LogP contribution in [0.5, 0.6) is 0 Å². The van der Waals surface area contributed by atoms with Crippen molar-refractivity contribution in [3.8, 4) is 0 Å². The predicted octanol–water partition coefficient (Wildman–Crippen LogP) is 3.55. The van der Waals surface area contributed by atoms with E-state index >= 15 is 0 Å². The van der Waals surface area contributed by atoms with Crippen molar-refractivity contribution >= 4 is 17.4 Å². The number of carbonyl (C=O) groups is 1. The second-order valence-corrected chi connectivity index (χ2v) is 6.27. The third-order valence-corrected chi connectivity index (χ3v) is 4.50. The molecule has 7 nitrogen and oxygen atoms in total. The van der Waals surface area contributed by atoms with Crippen LogP contribution in [0.2, 0.25) is 0 Å². The highest BCUT2D eigenvalue weighted by Crippen LogP contribution is 2.28. The van der Waals surface area contributed by atoms with Gasteiger partial charge in [-0.1, -0.05) is 12.1 Å². The van der Waals surface area contributed by atoms with Crippen molar-refractivity contribution in [1.82, 2.24) is 10.5 Å². The lowest BCUT2D eigenvalue weighted by atomic mass is 10.1. The molecule has 1 aromatic rings. The van der Waals surface area contributed by atoms with E-state index in [9.17, 15) is 10.0 Å². The molecule has 0 aromatic heterocycles. The first-order valence-electron chi connectivity index (χ1n) is 8.61. The van der Waals surface area contributed by atoms with Crippen LogP contribution in [0.4, 0.5) is 16.2 Å². The lowest BCUT2D eigenvalue weighted by molar-refractivity contribution is -0.00733. The van der Waals surface area contributed by atoms with E-state index in [1.165, 1.54) is 25.3 Å². The number of amides is 2. The number of piperidine rings is 1. The molecule has 1 aromatic carbocycles. The van der Waals surface area contributed by atoms with Gasteiger partial charge in [0.15, 0.2) is 0 Å². The summed E-state index contributed by atoms with van der Waals surface area (Å²) in [6, 6.07) is 7.50. The number of hydroxylamine groups is 2. The number of carbonyl (C=O) groups excluding carboxylic acids is 1. The van der Waals surface area contributed by atoms with Crippen LogP contribution >= 0.6 is 0 Å². The molecule has 1 aliphatic heterocycles. The molecule has 134 valence electrons. The van der Waals surface area contributed by atoms with E-state index in [2.05, 4.69) is 15.5 Å². The third kappa shape index (κ3) is 4.52. The molecule has 2 aliphatic rings. The van der Waals surface area contributed by atoms with Crippen molar-refractivity contribution in [1.29, 1.82) is 0 Å². The first-order chi connectivity index (χ1) is 12.1. The predicted molar refractivity (Wildman–Crippen MR) is 97.1 cm³/mol. The Bertz CT molecular complexity index is 679. The molecule has 25 heavy (non-hydrogen) atoms. The summed E-state index contributed by atoms with van der Waals surface area (Å²) in [6.45, 7) is 2.01. The number of anilines is 2. The van der Waals surface area contributed by atoms with Crippen LogP contribution in [-0.2, 0) is 0 Å². The fourth-order valence-corrected chi connectivity index (χ4v) is 3.18. The van der Waals surface area contributed by atoms with Crippen LogP contribution in [0.3, 0.4) is 0 Å². The highest BCUT2D eigenvalue weighted by molar-refractivity contribution is 5.94. The van der Waals surface area contributed by atoms with Crippen LogP contribution in [0, 0.1) is 5.21 Å². The lowest BCUT2D eigenvalue weighted by Gasteiger charge is -2.30. The molecule has 1 fully saturated rings. The molecule has 0 saturated carbocycles. The number of rotatable bonds is 4. The Morgan fingerprint density at radius 3 is 2.52 bits per heavy atom. The number of allylic oxidation sites excluding steroid dienone is 4. The van der Waals surface area contributed by atoms with Crippen molar-refractivity contribution in [3.05, 3.63) is 53.0 Å². The largest absolute Gasteiger partial charge is 0.734 e. The topological polar surface area (TPSA) is 90.9 Å². The Balaban J connectivity index is 1.64. The van der Waals surface area contributed by atoms with Gasteiger partial charge in [0.05, 0.1) is 11.4 Å². The molecule has 2 amide bonds. The van der Waals surface area contributed by atoms with Crippen LogP contribution in [0.1, 0.15) is 32.1 Å². The Hall–Kier alpha value is -2.51. The molecule has 7 heteroatoms. The summed E-state index contributed by atoms with van der Waals surface area (Å²) in [5.74, 6) is 0. The average molecular weight is 343 g/mol. The van der Waals surface area contributed by atoms with Gasteiger partial charge in [-0.15, -0.1) is 0 Å². The van der Waals surface area contributed by atoms with E-state index in [4.69, 9.17) is 5.21 Å². The number of benzene rings is 1. The highest BCUT2D eigenvalue weighted by Gasteiger charge is 2.16. The van der Waals surface area contributed by atoms with Gasteiger partial charge in [-0.2, -0.15) is 0 Å². The second kappa shape index (κ2) is 8.04. The summed E-state index contributed by atoms with van der Waals surface area (Å²) in [4.78, 5) is 14.6. The van der Waals surface area contributed by atoms with Gasteiger partial charge in [-0.3, -0.25) is 5.21 Å². The SMILES string of the molecule is O=C(NC1=CC=C(N([O-])O)CC1)Nc1ccccc1N1CCCCC1. The van der Waals surface area contributed by atoms with Gasteiger partial charge >= 0.3 is 6.03 Å². The van der Waals surface area contributed by atoms with Crippen molar-refractivity contribution in [2.75, 3.05) is 23.3 Å². The standard InChI is InChI=1S/C18H23N4O3/c23-18(19-14-8-10-15(11-9-14)22(24)25)20-16-6-2-3-7-17(16)21-12-4-1-5-13-21/h2-3,6-8,10,24H,1,4-5,9,11-13H2,(H2,19,20,23)/q-1. The maximum atomic E-state index is 12.3. The summed E-state index contributed by atoms with van der Waals surface area (Å²) in [6.07, 6.45) is 7.62. The van der Waals surface area contributed by atoms with E-state index in [0.29, 0.717) is 18.5 Å². The third-order valence-electron chi connectivity index (χ3n) is 4.50.